The molecule has 148 valence electrons. The average molecular weight is 389 g/mol. The van der Waals surface area contributed by atoms with Crippen LogP contribution in [0.25, 0.3) is 0 Å². The Hall–Kier alpha value is -3.34. The van der Waals surface area contributed by atoms with Crippen molar-refractivity contribution in [3.05, 3.63) is 77.9 Å². The number of ether oxygens (including phenoxy) is 4. The van der Waals surface area contributed by atoms with Gasteiger partial charge in [-0.2, -0.15) is 0 Å². The van der Waals surface area contributed by atoms with Gasteiger partial charge in [0, 0.05) is 29.2 Å². The van der Waals surface area contributed by atoms with Crippen LogP contribution in [0.1, 0.15) is 24.0 Å². The van der Waals surface area contributed by atoms with Crippen LogP contribution in [0.15, 0.2) is 66.7 Å². The van der Waals surface area contributed by atoms with E-state index in [4.69, 9.17) is 18.9 Å². The molecule has 3 unspecified atom stereocenters. The van der Waals surface area contributed by atoms with Crippen LogP contribution >= 0.6 is 0 Å². The van der Waals surface area contributed by atoms with Crippen LogP contribution in [-0.2, 0) is 0 Å². The molecule has 0 saturated carbocycles. The van der Waals surface area contributed by atoms with Crippen molar-refractivity contribution in [1.29, 1.82) is 0 Å². The van der Waals surface area contributed by atoms with E-state index in [1.165, 1.54) is 5.56 Å². The van der Waals surface area contributed by atoms with Gasteiger partial charge in [0.05, 0.1) is 7.11 Å². The molecule has 3 aromatic rings. The first-order valence-corrected chi connectivity index (χ1v) is 9.78. The van der Waals surface area contributed by atoms with Crippen LogP contribution < -0.4 is 24.3 Å². The van der Waals surface area contributed by atoms with Gasteiger partial charge in [-0.15, -0.1) is 0 Å². The fourth-order valence-electron chi connectivity index (χ4n) is 4.14. The topological polar surface area (TPSA) is 49.0 Å². The molecule has 1 N–H and O–H groups in total. The van der Waals surface area contributed by atoms with Crippen molar-refractivity contribution in [2.75, 3.05) is 19.2 Å². The Morgan fingerprint density at radius 2 is 1.62 bits per heavy atom. The zero-order valence-electron chi connectivity index (χ0n) is 16.4. The number of hydrogen-bond donors (Lipinski definition) is 1. The van der Waals surface area contributed by atoms with Gasteiger partial charge in [-0.05, 0) is 35.9 Å². The molecule has 0 aliphatic carbocycles. The Kier molecular flexibility index (Phi) is 4.43. The lowest BCUT2D eigenvalue weighted by atomic mass is 9.78. The molecular formula is C24H23NO4. The fraction of sp³-hybridized carbons (Fsp3) is 0.250. The molecule has 0 radical (unpaired) electrons. The van der Waals surface area contributed by atoms with Crippen molar-refractivity contribution in [3.63, 3.8) is 0 Å². The summed E-state index contributed by atoms with van der Waals surface area (Å²) in [4.78, 5) is 0. The minimum absolute atomic E-state index is 0.139. The lowest BCUT2D eigenvalue weighted by molar-refractivity contribution is 0.134. The second-order valence-electron chi connectivity index (χ2n) is 7.40. The average Bonchev–Trinajstić information content (AvgIpc) is 3.21. The second kappa shape index (κ2) is 7.24. The summed E-state index contributed by atoms with van der Waals surface area (Å²) in [7, 11) is 1.68. The molecule has 3 aromatic carbocycles. The van der Waals surface area contributed by atoms with Crippen molar-refractivity contribution in [1.82, 2.24) is 0 Å². The third kappa shape index (κ3) is 3.23. The molecule has 5 heteroatoms. The van der Waals surface area contributed by atoms with E-state index in [1.54, 1.807) is 7.11 Å². The Bertz CT molecular complexity index is 1000. The van der Waals surface area contributed by atoms with Crippen LogP contribution in [0.5, 0.6) is 23.0 Å². The summed E-state index contributed by atoms with van der Waals surface area (Å²) in [6, 6.07) is 22.4. The van der Waals surface area contributed by atoms with E-state index in [-0.39, 0.29) is 24.9 Å². The van der Waals surface area contributed by atoms with E-state index in [1.807, 2.05) is 48.5 Å². The smallest absolute Gasteiger partial charge is 0.231 e. The molecule has 0 fully saturated rings. The van der Waals surface area contributed by atoms with E-state index in [0.29, 0.717) is 0 Å². The van der Waals surface area contributed by atoms with Gasteiger partial charge in [0.1, 0.15) is 11.5 Å². The minimum Gasteiger partial charge on any atom is -0.497 e. The van der Waals surface area contributed by atoms with Gasteiger partial charge in [-0.1, -0.05) is 37.3 Å². The van der Waals surface area contributed by atoms with E-state index >= 15 is 0 Å². The summed E-state index contributed by atoms with van der Waals surface area (Å²) in [6.45, 7) is 2.45. The normalized spacial score (nSPS) is 21.8. The van der Waals surface area contributed by atoms with E-state index in [2.05, 4.69) is 30.4 Å². The molecule has 2 aliphatic rings. The summed E-state index contributed by atoms with van der Waals surface area (Å²) in [5.74, 6) is 3.48. The molecule has 0 saturated heterocycles. The standard InChI is InChI=1S/C24H23NO4/c1-15-23(16-8-10-18(26-2)11-9-16)19-12-21-22(28-14-27-21)13-20(19)29-24(15)25-17-6-4-3-5-7-17/h3-13,15,23-25H,14H2,1-2H3. The summed E-state index contributed by atoms with van der Waals surface area (Å²) >= 11 is 0. The lowest BCUT2D eigenvalue weighted by Crippen LogP contribution is -2.40. The van der Waals surface area contributed by atoms with Crippen molar-refractivity contribution in [2.45, 2.75) is 19.1 Å². The SMILES string of the molecule is COc1ccc(C2c3cc4c(cc3OC(Nc3ccccc3)C2C)OCO4)cc1. The Morgan fingerprint density at radius 3 is 2.34 bits per heavy atom. The first-order valence-electron chi connectivity index (χ1n) is 9.78. The number of para-hydroxylation sites is 1. The van der Waals surface area contributed by atoms with Gasteiger partial charge in [0.15, 0.2) is 17.7 Å². The van der Waals surface area contributed by atoms with Crippen LogP contribution in [0, 0.1) is 5.92 Å². The highest BCUT2D eigenvalue weighted by Crippen LogP contribution is 2.49. The van der Waals surface area contributed by atoms with Crippen LogP contribution in [0.2, 0.25) is 0 Å². The number of hydrogen-bond acceptors (Lipinski definition) is 5. The highest BCUT2D eigenvalue weighted by atomic mass is 16.7. The summed E-state index contributed by atoms with van der Waals surface area (Å²) in [5.41, 5.74) is 3.35. The third-order valence-corrected chi connectivity index (χ3v) is 5.65. The van der Waals surface area contributed by atoms with Crippen molar-refractivity contribution in [3.8, 4) is 23.0 Å². The molecule has 3 atom stereocenters. The third-order valence-electron chi connectivity index (χ3n) is 5.65. The van der Waals surface area contributed by atoms with Gasteiger partial charge in [-0.25, -0.2) is 0 Å². The fourth-order valence-corrected chi connectivity index (χ4v) is 4.14. The molecule has 0 bridgehead atoms. The predicted molar refractivity (Wildman–Crippen MR) is 111 cm³/mol. The number of rotatable bonds is 4. The number of anilines is 1. The Labute approximate surface area is 170 Å². The zero-order chi connectivity index (χ0) is 19.8. The number of benzene rings is 3. The largest absolute Gasteiger partial charge is 0.497 e. The first kappa shape index (κ1) is 17.7. The molecule has 2 heterocycles. The quantitative estimate of drug-likeness (QED) is 0.679. The van der Waals surface area contributed by atoms with Gasteiger partial charge in [0.2, 0.25) is 6.79 Å². The van der Waals surface area contributed by atoms with Gasteiger partial charge < -0.3 is 24.3 Å². The van der Waals surface area contributed by atoms with Gasteiger partial charge in [-0.3, -0.25) is 0 Å². The van der Waals surface area contributed by atoms with Crippen molar-refractivity contribution >= 4 is 5.69 Å². The van der Waals surface area contributed by atoms with Crippen LogP contribution in [0.4, 0.5) is 5.69 Å². The Balaban J connectivity index is 1.57. The molecular weight excluding hydrogens is 366 g/mol. The maximum absolute atomic E-state index is 6.40. The highest BCUT2D eigenvalue weighted by molar-refractivity contribution is 5.57. The molecule has 0 amide bonds. The van der Waals surface area contributed by atoms with Crippen molar-refractivity contribution < 1.29 is 18.9 Å². The van der Waals surface area contributed by atoms with E-state index < -0.39 is 0 Å². The van der Waals surface area contributed by atoms with Crippen LogP contribution in [-0.4, -0.2) is 20.1 Å². The maximum atomic E-state index is 6.40. The number of methoxy groups -OCH3 is 1. The monoisotopic (exact) mass is 389 g/mol. The predicted octanol–water partition coefficient (Wildman–Crippen LogP) is 5.02. The number of fused-ring (bicyclic) bond motifs is 2. The molecule has 2 aliphatic heterocycles. The molecule has 5 rings (SSSR count). The second-order valence-corrected chi connectivity index (χ2v) is 7.40. The van der Waals surface area contributed by atoms with Gasteiger partial charge >= 0.3 is 0 Å². The minimum atomic E-state index is -0.183. The van der Waals surface area contributed by atoms with Crippen molar-refractivity contribution in [2.24, 2.45) is 5.92 Å². The molecule has 29 heavy (non-hydrogen) atoms. The summed E-state index contributed by atoms with van der Waals surface area (Å²) < 4.78 is 22.9. The highest BCUT2D eigenvalue weighted by Gasteiger charge is 2.38. The maximum Gasteiger partial charge on any atom is 0.231 e. The first-order chi connectivity index (χ1) is 14.2. The Morgan fingerprint density at radius 1 is 0.897 bits per heavy atom. The molecule has 0 aromatic heterocycles. The number of nitrogens with one attached hydrogen (secondary N) is 1. The summed E-state index contributed by atoms with van der Waals surface area (Å²) in [6.07, 6.45) is -0.183. The van der Waals surface area contributed by atoms with Crippen LogP contribution in [0.3, 0.4) is 0 Å². The molecule has 0 spiro atoms. The van der Waals surface area contributed by atoms with E-state index in [0.717, 1.165) is 34.2 Å². The lowest BCUT2D eigenvalue weighted by Gasteiger charge is -2.39. The molecule has 5 nitrogen and oxygen atoms in total. The zero-order valence-corrected chi connectivity index (χ0v) is 16.4. The van der Waals surface area contributed by atoms with E-state index in [9.17, 15) is 0 Å². The summed E-state index contributed by atoms with van der Waals surface area (Å²) in [5, 5.41) is 3.54. The van der Waals surface area contributed by atoms with Gasteiger partial charge in [0.25, 0.3) is 0 Å².